The number of ether oxygens (including phenoxy) is 2. The Balaban J connectivity index is 1.32. The second-order valence-corrected chi connectivity index (χ2v) is 10.1. The molecule has 0 aromatic heterocycles. The first-order valence-electron chi connectivity index (χ1n) is 10.2. The van der Waals surface area contributed by atoms with Gasteiger partial charge in [0.25, 0.3) is 10.2 Å². The molecule has 0 N–H and O–H groups in total. The fourth-order valence-electron chi connectivity index (χ4n) is 4.99. The van der Waals surface area contributed by atoms with E-state index < -0.39 is 10.2 Å². The lowest BCUT2D eigenvalue weighted by molar-refractivity contribution is -0.140. The van der Waals surface area contributed by atoms with Gasteiger partial charge in [-0.2, -0.15) is 17.0 Å². The molecule has 8 nitrogen and oxygen atoms in total. The second kappa shape index (κ2) is 7.94. The summed E-state index contributed by atoms with van der Waals surface area (Å²) in [6.45, 7) is 5.65. The molecule has 1 amide bonds. The summed E-state index contributed by atoms with van der Waals surface area (Å²) in [7, 11) is -3.38. The van der Waals surface area contributed by atoms with Crippen molar-refractivity contribution in [3.63, 3.8) is 0 Å². The molecule has 0 aromatic rings. The van der Waals surface area contributed by atoms with Crippen molar-refractivity contribution in [3.05, 3.63) is 0 Å². The van der Waals surface area contributed by atoms with Crippen LogP contribution in [0.5, 0.6) is 0 Å². The number of hydrogen-bond acceptors (Lipinski definition) is 5. The molecule has 27 heavy (non-hydrogen) atoms. The second-order valence-electron chi connectivity index (χ2n) is 8.21. The van der Waals surface area contributed by atoms with Gasteiger partial charge < -0.3 is 14.4 Å². The molecule has 1 aliphatic carbocycles. The zero-order chi connectivity index (χ0) is 18.9. The number of carbonyl (C=O) groups excluding carboxylic acids is 1. The highest BCUT2D eigenvalue weighted by Crippen LogP contribution is 2.55. The molecule has 1 unspecified atom stereocenters. The zero-order valence-electron chi connectivity index (χ0n) is 16.0. The van der Waals surface area contributed by atoms with Crippen LogP contribution in [0.1, 0.15) is 32.1 Å². The summed E-state index contributed by atoms with van der Waals surface area (Å²) in [5, 5.41) is 0. The fourth-order valence-corrected chi connectivity index (χ4v) is 6.57. The molecule has 1 atom stereocenters. The third-order valence-corrected chi connectivity index (χ3v) is 9.02. The Morgan fingerprint density at radius 1 is 0.852 bits per heavy atom. The van der Waals surface area contributed by atoms with Crippen LogP contribution in [0.4, 0.5) is 0 Å². The van der Waals surface area contributed by atoms with Crippen LogP contribution < -0.4 is 0 Å². The number of piperidine rings is 1. The predicted molar refractivity (Wildman–Crippen MR) is 99.3 cm³/mol. The molecule has 0 radical (unpaired) electrons. The van der Waals surface area contributed by atoms with Gasteiger partial charge in [-0.25, -0.2) is 0 Å². The monoisotopic (exact) mass is 401 g/mol. The van der Waals surface area contributed by atoms with Crippen molar-refractivity contribution in [3.8, 4) is 0 Å². The number of rotatable bonds is 4. The Morgan fingerprint density at radius 3 is 1.96 bits per heavy atom. The molecule has 1 saturated carbocycles. The molecule has 0 bridgehead atoms. The topological polar surface area (TPSA) is 79.4 Å². The van der Waals surface area contributed by atoms with Crippen LogP contribution >= 0.6 is 0 Å². The van der Waals surface area contributed by atoms with Gasteiger partial charge in [-0.1, -0.05) is 0 Å². The van der Waals surface area contributed by atoms with Gasteiger partial charge in [0.1, 0.15) is 0 Å². The first-order chi connectivity index (χ1) is 13.0. The number of amides is 1. The summed E-state index contributed by atoms with van der Waals surface area (Å²) in [5.41, 5.74) is 0.166. The SMILES string of the molecule is O=C(CC1CCC12CCN(S(=O)(=O)N1CCOCC1)CC2)N1CCOCC1. The summed E-state index contributed by atoms with van der Waals surface area (Å²) < 4.78 is 39.5. The average molecular weight is 402 g/mol. The van der Waals surface area contributed by atoms with Crippen molar-refractivity contribution in [2.45, 2.75) is 32.1 Å². The summed E-state index contributed by atoms with van der Waals surface area (Å²) in [4.78, 5) is 14.5. The van der Waals surface area contributed by atoms with E-state index in [-0.39, 0.29) is 11.3 Å². The van der Waals surface area contributed by atoms with Gasteiger partial charge in [0.15, 0.2) is 0 Å². The minimum Gasteiger partial charge on any atom is -0.379 e. The minimum atomic E-state index is -3.38. The van der Waals surface area contributed by atoms with Crippen LogP contribution in [-0.2, 0) is 24.5 Å². The Hall–Kier alpha value is -0.740. The Labute approximate surface area is 161 Å². The van der Waals surface area contributed by atoms with E-state index in [4.69, 9.17) is 9.47 Å². The standard InChI is InChI=1S/C18H31N3O5S/c22-17(19-7-11-25-12-8-19)15-16-1-2-18(16)3-5-20(6-4-18)27(23,24)21-9-13-26-14-10-21/h16H,1-15H2. The largest absolute Gasteiger partial charge is 0.379 e. The van der Waals surface area contributed by atoms with E-state index in [1.54, 1.807) is 8.61 Å². The Bertz CT molecular complexity index is 635. The first kappa shape index (κ1) is 19.6. The minimum absolute atomic E-state index is 0.166. The average Bonchev–Trinajstić information content (AvgIpc) is 2.72. The molecule has 9 heteroatoms. The lowest BCUT2D eigenvalue weighted by Crippen LogP contribution is -2.55. The molecule has 0 aromatic carbocycles. The molecule has 4 aliphatic rings. The van der Waals surface area contributed by atoms with Crippen LogP contribution in [0.2, 0.25) is 0 Å². The van der Waals surface area contributed by atoms with Crippen LogP contribution in [0, 0.1) is 11.3 Å². The maximum Gasteiger partial charge on any atom is 0.282 e. The van der Waals surface area contributed by atoms with E-state index in [1.807, 2.05) is 4.90 Å². The molecule has 154 valence electrons. The lowest BCUT2D eigenvalue weighted by atomic mass is 9.55. The van der Waals surface area contributed by atoms with Gasteiger partial charge in [0.2, 0.25) is 5.91 Å². The van der Waals surface area contributed by atoms with Crippen LogP contribution in [0.25, 0.3) is 0 Å². The number of hydrogen-bond donors (Lipinski definition) is 0. The highest BCUT2D eigenvalue weighted by Gasteiger charge is 2.50. The fraction of sp³-hybridized carbons (Fsp3) is 0.944. The Morgan fingerprint density at radius 2 is 1.41 bits per heavy atom. The van der Waals surface area contributed by atoms with Gasteiger partial charge in [0.05, 0.1) is 26.4 Å². The van der Waals surface area contributed by atoms with Crippen molar-refractivity contribution in [1.29, 1.82) is 0 Å². The molecule has 1 spiro atoms. The lowest BCUT2D eigenvalue weighted by Gasteiger charge is -2.54. The van der Waals surface area contributed by atoms with Crippen molar-refractivity contribution < 1.29 is 22.7 Å². The van der Waals surface area contributed by atoms with Gasteiger partial charge in [-0.3, -0.25) is 4.79 Å². The summed E-state index contributed by atoms with van der Waals surface area (Å²) in [5.74, 6) is 0.645. The normalized spacial score (nSPS) is 30.2. The van der Waals surface area contributed by atoms with E-state index in [0.717, 1.165) is 25.7 Å². The molecule has 3 saturated heterocycles. The highest BCUT2D eigenvalue weighted by atomic mass is 32.2. The smallest absolute Gasteiger partial charge is 0.282 e. The van der Waals surface area contributed by atoms with Gasteiger partial charge >= 0.3 is 0 Å². The van der Waals surface area contributed by atoms with E-state index in [2.05, 4.69) is 0 Å². The van der Waals surface area contributed by atoms with E-state index in [1.165, 1.54) is 0 Å². The molecule has 4 rings (SSSR count). The van der Waals surface area contributed by atoms with Gasteiger partial charge in [0, 0.05) is 45.7 Å². The summed E-state index contributed by atoms with van der Waals surface area (Å²) in [6.07, 6.45) is 4.57. The van der Waals surface area contributed by atoms with Crippen molar-refractivity contribution in [2.75, 3.05) is 65.7 Å². The van der Waals surface area contributed by atoms with E-state index in [0.29, 0.717) is 78.0 Å². The van der Waals surface area contributed by atoms with Crippen molar-refractivity contribution >= 4 is 16.1 Å². The van der Waals surface area contributed by atoms with Crippen LogP contribution in [0.15, 0.2) is 0 Å². The molecule has 3 aliphatic heterocycles. The Kier molecular flexibility index (Phi) is 5.76. The highest BCUT2D eigenvalue weighted by molar-refractivity contribution is 7.86. The predicted octanol–water partition coefficient (Wildman–Crippen LogP) is 0.305. The molecular weight excluding hydrogens is 370 g/mol. The quantitative estimate of drug-likeness (QED) is 0.677. The van der Waals surface area contributed by atoms with Gasteiger partial charge in [-0.15, -0.1) is 0 Å². The maximum atomic E-state index is 12.8. The van der Waals surface area contributed by atoms with Gasteiger partial charge in [-0.05, 0) is 37.0 Å². The third kappa shape index (κ3) is 3.89. The number of nitrogens with zero attached hydrogens (tertiary/aromatic N) is 3. The van der Waals surface area contributed by atoms with E-state index >= 15 is 0 Å². The number of morpholine rings is 2. The third-order valence-electron chi connectivity index (χ3n) is 6.98. The molecule has 4 fully saturated rings. The maximum absolute atomic E-state index is 12.8. The molecular formula is C18H31N3O5S. The van der Waals surface area contributed by atoms with Crippen LogP contribution in [0.3, 0.4) is 0 Å². The molecule has 3 heterocycles. The zero-order valence-corrected chi connectivity index (χ0v) is 16.8. The summed E-state index contributed by atoms with van der Waals surface area (Å²) >= 11 is 0. The summed E-state index contributed by atoms with van der Waals surface area (Å²) in [6, 6.07) is 0. The van der Waals surface area contributed by atoms with E-state index in [9.17, 15) is 13.2 Å². The van der Waals surface area contributed by atoms with Crippen LogP contribution in [-0.4, -0.2) is 93.5 Å². The number of carbonyl (C=O) groups is 1. The first-order valence-corrected chi connectivity index (χ1v) is 11.6. The van der Waals surface area contributed by atoms with Crippen molar-refractivity contribution in [2.24, 2.45) is 11.3 Å². The van der Waals surface area contributed by atoms with Crippen molar-refractivity contribution in [1.82, 2.24) is 13.5 Å².